The van der Waals surface area contributed by atoms with Crippen LogP contribution in [0.25, 0.3) is 0 Å². The maximum atomic E-state index is 12.4. The second kappa shape index (κ2) is 6.85. The van der Waals surface area contributed by atoms with E-state index in [4.69, 9.17) is 5.73 Å². The van der Waals surface area contributed by atoms with Crippen LogP contribution in [0.3, 0.4) is 0 Å². The Hall–Kier alpha value is -1.40. The van der Waals surface area contributed by atoms with Crippen LogP contribution >= 0.6 is 15.9 Å². The third-order valence-electron chi connectivity index (χ3n) is 3.19. The summed E-state index contributed by atoms with van der Waals surface area (Å²) in [5.74, 6) is -0.323. The minimum absolute atomic E-state index is 0.105. The lowest BCUT2D eigenvalue weighted by molar-refractivity contribution is -0.135. The van der Waals surface area contributed by atoms with E-state index in [0.29, 0.717) is 6.54 Å². The lowest BCUT2D eigenvalue weighted by Gasteiger charge is -2.29. The number of rotatable bonds is 5. The molecular formula is C14H20BrN3O2. The summed E-state index contributed by atoms with van der Waals surface area (Å²) >= 11 is 3.35. The molecular weight excluding hydrogens is 322 g/mol. The van der Waals surface area contributed by atoms with Crippen molar-refractivity contribution in [2.45, 2.75) is 18.9 Å². The molecule has 1 atom stereocenters. The Morgan fingerprint density at radius 3 is 2.40 bits per heavy atom. The molecule has 0 aliphatic rings. The number of halogens is 1. The lowest BCUT2D eigenvalue weighted by atomic mass is 9.91. The molecule has 0 heterocycles. The van der Waals surface area contributed by atoms with Gasteiger partial charge in [-0.1, -0.05) is 28.1 Å². The molecule has 5 nitrogen and oxygen atoms in total. The van der Waals surface area contributed by atoms with E-state index >= 15 is 0 Å². The van der Waals surface area contributed by atoms with Crippen LogP contribution < -0.4 is 11.1 Å². The standard InChI is InChI=1S/C14H20BrN3O2/c1-14(16,10-4-6-11(15)7-5-10)13(20)18(3)9-8-12(19)17-2/h4-7H,8-9,16H2,1-3H3,(H,17,19). The minimum Gasteiger partial charge on any atom is -0.359 e. The van der Waals surface area contributed by atoms with Crippen molar-refractivity contribution in [1.82, 2.24) is 10.2 Å². The predicted molar refractivity (Wildman–Crippen MR) is 82.0 cm³/mol. The monoisotopic (exact) mass is 341 g/mol. The Labute approximate surface area is 127 Å². The van der Waals surface area contributed by atoms with Gasteiger partial charge in [-0.05, 0) is 24.6 Å². The van der Waals surface area contributed by atoms with E-state index in [1.807, 2.05) is 24.3 Å². The number of carbonyl (C=O) groups is 2. The molecule has 0 aliphatic carbocycles. The number of carbonyl (C=O) groups excluding carboxylic acids is 2. The topological polar surface area (TPSA) is 75.4 Å². The van der Waals surface area contributed by atoms with Crippen molar-refractivity contribution in [2.75, 3.05) is 20.6 Å². The van der Waals surface area contributed by atoms with Gasteiger partial charge in [-0.3, -0.25) is 9.59 Å². The van der Waals surface area contributed by atoms with Crippen molar-refractivity contribution < 1.29 is 9.59 Å². The summed E-state index contributed by atoms with van der Waals surface area (Å²) in [5, 5.41) is 2.52. The van der Waals surface area contributed by atoms with Gasteiger partial charge in [0, 0.05) is 31.5 Å². The molecule has 0 saturated carbocycles. The normalized spacial score (nSPS) is 13.4. The van der Waals surface area contributed by atoms with Crippen LogP contribution in [0.4, 0.5) is 0 Å². The van der Waals surface area contributed by atoms with Crippen LogP contribution in [0.2, 0.25) is 0 Å². The summed E-state index contributed by atoms with van der Waals surface area (Å²) in [4.78, 5) is 25.1. The highest BCUT2D eigenvalue weighted by atomic mass is 79.9. The highest BCUT2D eigenvalue weighted by molar-refractivity contribution is 9.10. The molecule has 0 aliphatic heterocycles. The van der Waals surface area contributed by atoms with E-state index in [2.05, 4.69) is 21.2 Å². The van der Waals surface area contributed by atoms with Crippen LogP contribution in [0.1, 0.15) is 18.9 Å². The lowest BCUT2D eigenvalue weighted by Crippen LogP contribution is -2.50. The molecule has 110 valence electrons. The summed E-state index contributed by atoms with van der Waals surface area (Å²) in [6, 6.07) is 7.32. The van der Waals surface area contributed by atoms with Gasteiger partial charge in [-0.15, -0.1) is 0 Å². The molecule has 0 fully saturated rings. The molecule has 1 unspecified atom stereocenters. The summed E-state index contributed by atoms with van der Waals surface area (Å²) in [6.07, 6.45) is 0.259. The average Bonchev–Trinajstić information content (AvgIpc) is 2.43. The molecule has 1 rings (SSSR count). The summed E-state index contributed by atoms with van der Waals surface area (Å²) in [6.45, 7) is 2.01. The van der Waals surface area contributed by atoms with Crippen molar-refractivity contribution in [2.24, 2.45) is 5.73 Å². The quantitative estimate of drug-likeness (QED) is 0.845. The summed E-state index contributed by atoms with van der Waals surface area (Å²) < 4.78 is 0.928. The third kappa shape index (κ3) is 4.05. The van der Waals surface area contributed by atoms with E-state index in [1.165, 1.54) is 4.90 Å². The van der Waals surface area contributed by atoms with Gasteiger partial charge in [-0.2, -0.15) is 0 Å². The number of likely N-dealkylation sites (N-methyl/N-ethyl adjacent to an activating group) is 1. The second-order valence-electron chi connectivity index (χ2n) is 4.86. The Kier molecular flexibility index (Phi) is 5.71. The SMILES string of the molecule is CNC(=O)CCN(C)C(=O)C(C)(N)c1ccc(Br)cc1. The smallest absolute Gasteiger partial charge is 0.246 e. The van der Waals surface area contributed by atoms with Gasteiger partial charge in [-0.25, -0.2) is 0 Å². The van der Waals surface area contributed by atoms with E-state index in [9.17, 15) is 9.59 Å². The number of hydrogen-bond donors (Lipinski definition) is 2. The third-order valence-corrected chi connectivity index (χ3v) is 3.72. The average molecular weight is 342 g/mol. The van der Waals surface area contributed by atoms with E-state index in [1.54, 1.807) is 21.0 Å². The van der Waals surface area contributed by atoms with Gasteiger partial charge in [0.1, 0.15) is 5.54 Å². The zero-order valence-corrected chi connectivity index (χ0v) is 13.5. The fraction of sp³-hybridized carbons (Fsp3) is 0.429. The summed E-state index contributed by atoms with van der Waals surface area (Å²) in [5.41, 5.74) is 5.79. The van der Waals surface area contributed by atoms with Gasteiger partial charge in [0.25, 0.3) is 0 Å². The maximum Gasteiger partial charge on any atom is 0.246 e. The molecule has 0 aromatic heterocycles. The van der Waals surface area contributed by atoms with Gasteiger partial charge >= 0.3 is 0 Å². The first-order valence-corrected chi connectivity index (χ1v) is 7.09. The van der Waals surface area contributed by atoms with Crippen LogP contribution in [0.5, 0.6) is 0 Å². The zero-order chi connectivity index (χ0) is 15.3. The fourth-order valence-corrected chi connectivity index (χ4v) is 2.08. The van der Waals surface area contributed by atoms with Gasteiger partial charge in [0.2, 0.25) is 11.8 Å². The molecule has 3 N–H and O–H groups in total. The highest BCUT2D eigenvalue weighted by Crippen LogP contribution is 2.22. The van der Waals surface area contributed by atoms with Crippen molar-refractivity contribution in [3.05, 3.63) is 34.3 Å². The van der Waals surface area contributed by atoms with Crippen molar-refractivity contribution in [3.63, 3.8) is 0 Å². The van der Waals surface area contributed by atoms with Crippen LogP contribution in [-0.2, 0) is 15.1 Å². The van der Waals surface area contributed by atoms with E-state index in [-0.39, 0.29) is 18.2 Å². The van der Waals surface area contributed by atoms with Gasteiger partial charge in [0.05, 0.1) is 0 Å². The fourth-order valence-electron chi connectivity index (χ4n) is 1.81. The summed E-state index contributed by atoms with van der Waals surface area (Å²) in [7, 11) is 3.22. The Bertz CT molecular complexity index is 486. The first-order chi connectivity index (χ1) is 9.28. The molecule has 6 heteroatoms. The molecule has 0 saturated heterocycles. The number of hydrogen-bond acceptors (Lipinski definition) is 3. The van der Waals surface area contributed by atoms with Gasteiger partial charge in [0.15, 0.2) is 0 Å². The first-order valence-electron chi connectivity index (χ1n) is 6.30. The van der Waals surface area contributed by atoms with Crippen molar-refractivity contribution >= 4 is 27.7 Å². The van der Waals surface area contributed by atoms with Crippen LogP contribution in [0, 0.1) is 0 Å². The predicted octanol–water partition coefficient (Wildman–Crippen LogP) is 1.22. The zero-order valence-electron chi connectivity index (χ0n) is 11.9. The molecule has 0 bridgehead atoms. The Morgan fingerprint density at radius 1 is 1.35 bits per heavy atom. The maximum absolute atomic E-state index is 12.4. The van der Waals surface area contributed by atoms with E-state index in [0.717, 1.165) is 10.0 Å². The van der Waals surface area contributed by atoms with Crippen LogP contribution in [-0.4, -0.2) is 37.4 Å². The van der Waals surface area contributed by atoms with E-state index < -0.39 is 5.54 Å². The largest absolute Gasteiger partial charge is 0.359 e. The highest BCUT2D eigenvalue weighted by Gasteiger charge is 2.33. The van der Waals surface area contributed by atoms with Gasteiger partial charge < -0.3 is 16.0 Å². The number of nitrogens with one attached hydrogen (secondary N) is 1. The van der Waals surface area contributed by atoms with Crippen molar-refractivity contribution in [3.8, 4) is 0 Å². The number of benzene rings is 1. The minimum atomic E-state index is -1.11. The number of amides is 2. The Morgan fingerprint density at radius 2 is 1.90 bits per heavy atom. The molecule has 1 aromatic carbocycles. The number of nitrogens with zero attached hydrogens (tertiary/aromatic N) is 1. The molecule has 20 heavy (non-hydrogen) atoms. The molecule has 1 aromatic rings. The molecule has 0 radical (unpaired) electrons. The second-order valence-corrected chi connectivity index (χ2v) is 5.77. The Balaban J connectivity index is 2.78. The van der Waals surface area contributed by atoms with Crippen molar-refractivity contribution in [1.29, 1.82) is 0 Å². The first kappa shape index (κ1) is 16.7. The molecule has 0 spiro atoms. The van der Waals surface area contributed by atoms with Crippen LogP contribution in [0.15, 0.2) is 28.7 Å². The number of nitrogens with two attached hydrogens (primary N) is 1. The molecule has 2 amide bonds.